The number of nitrogens with zero attached hydrogens (tertiary/aromatic N) is 1. The standard InChI is InChI=1S/C27H57NO4/c1-3-4-5-6-7-8-9-10-11-12-13-14-15-16-17-18-21-28(25-26(2)30)27(31)20-24-32-23-19-22-29/h26-27,29-31H,3-25H2,1-2H3. The fraction of sp³-hybridized carbons (Fsp3) is 1.00. The van der Waals surface area contributed by atoms with Crippen LogP contribution in [0.2, 0.25) is 0 Å². The molecule has 0 rings (SSSR count). The van der Waals surface area contributed by atoms with Gasteiger partial charge >= 0.3 is 0 Å². The van der Waals surface area contributed by atoms with Crippen LogP contribution in [0.4, 0.5) is 0 Å². The molecule has 0 aliphatic heterocycles. The first-order chi connectivity index (χ1) is 15.6. The summed E-state index contributed by atoms with van der Waals surface area (Å²) in [4.78, 5) is 1.98. The summed E-state index contributed by atoms with van der Waals surface area (Å²) in [5.41, 5.74) is 0. The molecule has 0 amide bonds. The van der Waals surface area contributed by atoms with E-state index in [2.05, 4.69) is 6.92 Å². The van der Waals surface area contributed by atoms with E-state index in [1.807, 2.05) is 4.90 Å². The van der Waals surface area contributed by atoms with Gasteiger partial charge in [0.15, 0.2) is 0 Å². The van der Waals surface area contributed by atoms with Gasteiger partial charge in [-0.15, -0.1) is 0 Å². The zero-order valence-electron chi connectivity index (χ0n) is 21.6. The quantitative estimate of drug-likeness (QED) is 0.109. The highest BCUT2D eigenvalue weighted by Crippen LogP contribution is 2.14. The minimum absolute atomic E-state index is 0.135. The lowest BCUT2D eigenvalue weighted by Gasteiger charge is -2.29. The minimum atomic E-state index is -0.574. The number of hydrogen-bond acceptors (Lipinski definition) is 5. The van der Waals surface area contributed by atoms with Crippen LogP contribution in [-0.2, 0) is 4.74 Å². The predicted octanol–water partition coefficient (Wildman–Crippen LogP) is 6.04. The van der Waals surface area contributed by atoms with Crippen molar-refractivity contribution in [1.29, 1.82) is 0 Å². The van der Waals surface area contributed by atoms with Gasteiger partial charge in [0.1, 0.15) is 6.23 Å². The second-order valence-electron chi connectivity index (χ2n) is 9.61. The highest BCUT2D eigenvalue weighted by atomic mass is 16.5. The zero-order chi connectivity index (χ0) is 23.7. The highest BCUT2D eigenvalue weighted by Gasteiger charge is 2.17. The summed E-state index contributed by atoms with van der Waals surface area (Å²) in [6.45, 7) is 6.51. The van der Waals surface area contributed by atoms with Crippen LogP contribution in [0, 0.1) is 0 Å². The second-order valence-corrected chi connectivity index (χ2v) is 9.61. The molecular formula is C27H57NO4. The molecule has 5 nitrogen and oxygen atoms in total. The summed E-state index contributed by atoms with van der Waals surface area (Å²) in [5.74, 6) is 0. The molecule has 0 aliphatic rings. The summed E-state index contributed by atoms with van der Waals surface area (Å²) < 4.78 is 5.43. The van der Waals surface area contributed by atoms with Crippen LogP contribution in [0.25, 0.3) is 0 Å². The SMILES string of the molecule is CCCCCCCCCCCCCCCCCCN(CC(C)O)C(O)CCOCCCO. The first kappa shape index (κ1) is 31.8. The van der Waals surface area contributed by atoms with E-state index in [1.165, 1.54) is 96.3 Å². The van der Waals surface area contributed by atoms with E-state index in [0.717, 1.165) is 13.0 Å². The summed E-state index contributed by atoms with van der Waals surface area (Å²) in [5, 5.41) is 28.9. The number of ether oxygens (including phenoxy) is 1. The molecule has 2 atom stereocenters. The van der Waals surface area contributed by atoms with E-state index in [1.54, 1.807) is 6.92 Å². The summed E-state index contributed by atoms with van der Waals surface area (Å²) in [6, 6.07) is 0. The molecule has 0 aromatic rings. The van der Waals surface area contributed by atoms with Crippen molar-refractivity contribution in [2.24, 2.45) is 0 Å². The van der Waals surface area contributed by atoms with Gasteiger partial charge in [-0.05, 0) is 19.8 Å². The van der Waals surface area contributed by atoms with Gasteiger partial charge in [0.25, 0.3) is 0 Å². The van der Waals surface area contributed by atoms with Crippen LogP contribution >= 0.6 is 0 Å². The molecule has 2 unspecified atom stereocenters. The average molecular weight is 460 g/mol. The first-order valence-electron chi connectivity index (χ1n) is 13.9. The third-order valence-corrected chi connectivity index (χ3v) is 6.19. The zero-order valence-corrected chi connectivity index (χ0v) is 21.6. The lowest BCUT2D eigenvalue weighted by molar-refractivity contribution is -0.0407. The maximum Gasteiger partial charge on any atom is 0.109 e. The number of hydrogen-bond donors (Lipinski definition) is 3. The molecule has 0 aromatic carbocycles. The minimum Gasteiger partial charge on any atom is -0.396 e. The average Bonchev–Trinajstić information content (AvgIpc) is 2.77. The van der Waals surface area contributed by atoms with E-state index < -0.39 is 12.3 Å². The van der Waals surface area contributed by atoms with E-state index in [0.29, 0.717) is 32.6 Å². The molecule has 0 aliphatic carbocycles. The van der Waals surface area contributed by atoms with Crippen LogP contribution in [0.1, 0.15) is 129 Å². The molecule has 194 valence electrons. The molecule has 32 heavy (non-hydrogen) atoms. The number of aliphatic hydroxyl groups is 3. The molecule has 0 saturated carbocycles. The number of unbranched alkanes of at least 4 members (excludes halogenated alkanes) is 15. The fourth-order valence-corrected chi connectivity index (χ4v) is 4.20. The molecule has 0 aromatic heterocycles. The Morgan fingerprint density at radius 1 is 0.656 bits per heavy atom. The lowest BCUT2D eigenvalue weighted by Crippen LogP contribution is -2.41. The van der Waals surface area contributed by atoms with Crippen molar-refractivity contribution in [1.82, 2.24) is 4.90 Å². The van der Waals surface area contributed by atoms with Crippen LogP contribution in [0.5, 0.6) is 0 Å². The summed E-state index contributed by atoms with van der Waals surface area (Å²) in [6.07, 6.45) is 21.8. The summed E-state index contributed by atoms with van der Waals surface area (Å²) in [7, 11) is 0. The molecular weight excluding hydrogens is 402 g/mol. The van der Waals surface area contributed by atoms with Crippen LogP contribution in [0.3, 0.4) is 0 Å². The molecule has 0 heterocycles. The van der Waals surface area contributed by atoms with Gasteiger partial charge in [0, 0.05) is 32.7 Å². The van der Waals surface area contributed by atoms with Gasteiger partial charge in [0.05, 0.1) is 12.7 Å². The third-order valence-electron chi connectivity index (χ3n) is 6.19. The topological polar surface area (TPSA) is 73.2 Å². The van der Waals surface area contributed by atoms with Crippen molar-refractivity contribution < 1.29 is 20.1 Å². The van der Waals surface area contributed by atoms with Crippen LogP contribution in [-0.4, -0.2) is 65.5 Å². The maximum absolute atomic E-state index is 10.4. The van der Waals surface area contributed by atoms with E-state index in [-0.39, 0.29) is 6.61 Å². The maximum atomic E-state index is 10.4. The molecule has 0 radical (unpaired) electrons. The van der Waals surface area contributed by atoms with Gasteiger partial charge in [0.2, 0.25) is 0 Å². The molecule has 0 fully saturated rings. The lowest BCUT2D eigenvalue weighted by atomic mass is 10.0. The Labute approximate surface area is 199 Å². The van der Waals surface area contributed by atoms with Crippen molar-refractivity contribution >= 4 is 0 Å². The Morgan fingerprint density at radius 2 is 1.12 bits per heavy atom. The molecule has 5 heteroatoms. The van der Waals surface area contributed by atoms with Gasteiger partial charge in [-0.25, -0.2) is 0 Å². The Bertz CT molecular complexity index is 355. The van der Waals surface area contributed by atoms with Crippen molar-refractivity contribution in [2.45, 2.75) is 142 Å². The first-order valence-corrected chi connectivity index (χ1v) is 13.9. The highest BCUT2D eigenvalue weighted by molar-refractivity contribution is 4.66. The van der Waals surface area contributed by atoms with E-state index in [4.69, 9.17) is 9.84 Å². The molecule has 0 bridgehead atoms. The normalized spacial score (nSPS) is 13.7. The van der Waals surface area contributed by atoms with E-state index in [9.17, 15) is 10.2 Å². The molecule has 0 saturated heterocycles. The third kappa shape index (κ3) is 23.0. The Balaban J connectivity index is 3.56. The van der Waals surface area contributed by atoms with Gasteiger partial charge < -0.3 is 20.1 Å². The van der Waals surface area contributed by atoms with Crippen molar-refractivity contribution in [3.8, 4) is 0 Å². The summed E-state index contributed by atoms with van der Waals surface area (Å²) >= 11 is 0. The van der Waals surface area contributed by atoms with Crippen LogP contribution in [0.15, 0.2) is 0 Å². The fourth-order valence-electron chi connectivity index (χ4n) is 4.20. The second kappa shape index (κ2) is 25.4. The Hall–Kier alpha value is -0.200. The van der Waals surface area contributed by atoms with Crippen molar-refractivity contribution in [3.05, 3.63) is 0 Å². The van der Waals surface area contributed by atoms with Crippen molar-refractivity contribution in [3.63, 3.8) is 0 Å². The van der Waals surface area contributed by atoms with Crippen LogP contribution < -0.4 is 0 Å². The Kier molecular flexibility index (Phi) is 25.3. The largest absolute Gasteiger partial charge is 0.396 e. The van der Waals surface area contributed by atoms with Gasteiger partial charge in [-0.1, -0.05) is 103 Å². The molecule has 0 spiro atoms. The van der Waals surface area contributed by atoms with E-state index >= 15 is 0 Å². The van der Waals surface area contributed by atoms with Gasteiger partial charge in [-0.2, -0.15) is 0 Å². The smallest absolute Gasteiger partial charge is 0.109 e. The number of rotatable bonds is 26. The van der Waals surface area contributed by atoms with Crippen molar-refractivity contribution in [2.75, 3.05) is 32.9 Å². The molecule has 3 N–H and O–H groups in total. The number of aliphatic hydroxyl groups excluding tert-OH is 3. The monoisotopic (exact) mass is 459 g/mol. The Morgan fingerprint density at radius 3 is 1.56 bits per heavy atom. The van der Waals surface area contributed by atoms with Gasteiger partial charge in [-0.3, -0.25) is 4.90 Å². The predicted molar refractivity (Wildman–Crippen MR) is 136 cm³/mol.